The van der Waals surface area contributed by atoms with Gasteiger partial charge in [0.25, 0.3) is 6.33 Å². The van der Waals surface area contributed by atoms with Crippen molar-refractivity contribution in [3.05, 3.63) is 234 Å². The highest BCUT2D eigenvalue weighted by atomic mass is 16.5. The summed E-state index contributed by atoms with van der Waals surface area (Å²) in [6, 6.07) is 33.3. The van der Waals surface area contributed by atoms with E-state index in [1.165, 1.54) is 53.1 Å². The lowest BCUT2D eigenvalue weighted by Crippen LogP contribution is -2.32. The topological polar surface area (TPSA) is 35.9 Å². The number of fused-ring (bicyclic) bond motifs is 10. The number of hydrogen-bond acceptors (Lipinski definition) is 2. The molecule has 0 saturated heterocycles. The average molecular weight is 963 g/mol. The fraction of sp³-hybridized carbons (Fsp3) is 0.118. The zero-order chi connectivity index (χ0) is 66.7. The molecule has 0 saturated carbocycles. The smallest absolute Gasteiger partial charge is 0.269 e. The van der Waals surface area contributed by atoms with E-state index in [-0.39, 0.29) is 50.0 Å². The second-order valence-corrected chi connectivity index (χ2v) is 19.1. The number of hydrogen-bond donors (Lipinski definition) is 0. The van der Waals surface area contributed by atoms with E-state index in [0.29, 0.717) is 23.0 Å². The number of imidazole rings is 1. The van der Waals surface area contributed by atoms with Crippen molar-refractivity contribution in [2.75, 3.05) is 0 Å². The maximum Gasteiger partial charge on any atom is 0.269 e. The predicted molar refractivity (Wildman–Crippen MR) is 301 cm³/mol. The van der Waals surface area contributed by atoms with Crippen LogP contribution in [0.1, 0.15) is 76.0 Å². The first-order chi connectivity index (χ1) is 43.7. The molecule has 0 amide bonds. The Morgan fingerprint density at radius 1 is 0.534 bits per heavy atom. The lowest BCUT2D eigenvalue weighted by Gasteiger charge is -2.23. The molecule has 12 aromatic rings. The van der Waals surface area contributed by atoms with Crippen molar-refractivity contribution < 1.29 is 36.7 Å². The summed E-state index contributed by atoms with van der Waals surface area (Å²) in [5.74, 6) is 1.47. The quantitative estimate of drug-likeness (QED) is 0.123. The zero-order valence-corrected chi connectivity index (χ0v) is 39.6. The summed E-state index contributed by atoms with van der Waals surface area (Å²) in [6.45, 7) is -5.98. The van der Waals surface area contributed by atoms with Gasteiger partial charge in [-0.05, 0) is 177 Å². The van der Waals surface area contributed by atoms with Crippen molar-refractivity contribution in [1.82, 2.24) is 14.1 Å². The molecule has 3 aromatic heterocycles. The van der Waals surface area contributed by atoms with Crippen LogP contribution >= 0.6 is 0 Å². The van der Waals surface area contributed by atoms with Crippen LogP contribution in [-0.4, -0.2) is 14.1 Å². The third-order valence-electron chi connectivity index (χ3n) is 13.7. The number of para-hydroxylation sites is 2. The van der Waals surface area contributed by atoms with Crippen molar-refractivity contribution in [3.8, 4) is 84.3 Å². The number of nitrogens with zero attached hydrogens (tertiary/aromatic N) is 4. The Kier molecular flexibility index (Phi) is 6.42. The van der Waals surface area contributed by atoms with Gasteiger partial charge >= 0.3 is 0 Å². The molecular weight excluding hydrogens is 889 g/mol. The fourth-order valence-corrected chi connectivity index (χ4v) is 10.3. The molecule has 5 nitrogen and oxygen atoms in total. The standard InChI is InChI=1S/C68H54N4O/c1-42-18-14-19-43(2)64(42)46-36-58-54-27-11-9-25-52(54)51-24-8-10-26-53(51)57-29-17-31-61-67(57)71(66(58)59(37-46)65-44(3)20-15-21-45(65)4)41-70(61)48-22-16-23-49(39-48)73-50-32-33-56-55-28-12-13-30-60(55)72(62(56)40-50)63-38-47(34-35-69-63)68(5,6)7/h8-40H,1-7H3/i1D3,2D3,3D3,4D3,8D,9D,10D,11D,24D,25D,26D,27D. The molecule has 0 atom stereocenters. The van der Waals surface area contributed by atoms with Crippen LogP contribution in [0.5, 0.6) is 11.5 Å². The normalized spacial score (nSPS) is 16.7. The van der Waals surface area contributed by atoms with Crippen LogP contribution in [0.2, 0.25) is 0 Å². The Balaban J connectivity index is 1.17. The van der Waals surface area contributed by atoms with Crippen molar-refractivity contribution in [3.63, 3.8) is 0 Å². The minimum absolute atomic E-state index is 0.0435. The van der Waals surface area contributed by atoms with E-state index < -0.39 is 126 Å². The lowest BCUT2D eigenvalue weighted by atomic mass is 9.84. The van der Waals surface area contributed by atoms with E-state index in [2.05, 4.69) is 37.7 Å². The Labute approximate surface area is 455 Å². The summed E-state index contributed by atoms with van der Waals surface area (Å²) in [5, 5.41) is 1.94. The molecule has 0 aliphatic carbocycles. The summed E-state index contributed by atoms with van der Waals surface area (Å²) >= 11 is 0. The Hall–Kier alpha value is -8.80. The Morgan fingerprint density at radius 2 is 1.14 bits per heavy atom. The molecule has 0 spiro atoms. The zero-order valence-electron chi connectivity index (χ0n) is 59.6. The average Bonchev–Trinajstić information content (AvgIpc) is 1.65. The molecule has 0 fully saturated rings. The summed E-state index contributed by atoms with van der Waals surface area (Å²) in [4.78, 5) is 4.83. The van der Waals surface area contributed by atoms with E-state index in [4.69, 9.17) is 27.5 Å². The highest BCUT2D eigenvalue weighted by Gasteiger charge is 2.29. The van der Waals surface area contributed by atoms with Gasteiger partial charge < -0.3 is 4.74 Å². The Bertz CT molecular complexity index is 5100. The Morgan fingerprint density at radius 3 is 1.85 bits per heavy atom. The molecule has 5 heteroatoms. The van der Waals surface area contributed by atoms with Gasteiger partial charge in [0.1, 0.15) is 17.3 Å². The number of aryl methyl sites for hydroxylation is 4. The van der Waals surface area contributed by atoms with Gasteiger partial charge in [0, 0.05) is 39.5 Å². The molecule has 0 bridgehead atoms. The van der Waals surface area contributed by atoms with Gasteiger partial charge in [0.2, 0.25) is 0 Å². The molecule has 0 N–H and O–H groups in total. The predicted octanol–water partition coefficient (Wildman–Crippen LogP) is 17.2. The second kappa shape index (κ2) is 16.9. The summed E-state index contributed by atoms with van der Waals surface area (Å²) in [7, 11) is 0. The number of rotatable bonds is 6. The second-order valence-electron chi connectivity index (χ2n) is 19.1. The molecule has 352 valence electrons. The highest BCUT2D eigenvalue weighted by Crippen LogP contribution is 2.48. The third kappa shape index (κ3) is 7.21. The van der Waals surface area contributed by atoms with Crippen LogP contribution in [0.25, 0.3) is 106 Å². The first-order valence-corrected chi connectivity index (χ1v) is 23.6. The largest absolute Gasteiger partial charge is 0.458 e. The van der Waals surface area contributed by atoms with E-state index in [1.807, 2.05) is 48.5 Å². The summed E-state index contributed by atoms with van der Waals surface area (Å²) < 4.78 is 195. The summed E-state index contributed by atoms with van der Waals surface area (Å²) in [5.41, 5.74) is -2.23. The van der Waals surface area contributed by atoms with Crippen molar-refractivity contribution in [2.45, 2.75) is 53.6 Å². The highest BCUT2D eigenvalue weighted by molar-refractivity contribution is 6.09. The van der Waals surface area contributed by atoms with Crippen LogP contribution in [0.4, 0.5) is 0 Å². The first kappa shape index (κ1) is 27.7. The monoisotopic (exact) mass is 963 g/mol. The molecule has 9 aromatic carbocycles. The van der Waals surface area contributed by atoms with Crippen LogP contribution in [-0.2, 0) is 5.41 Å². The molecule has 0 unspecified atom stereocenters. The van der Waals surface area contributed by atoms with Crippen molar-refractivity contribution >= 4 is 32.8 Å². The van der Waals surface area contributed by atoms with Gasteiger partial charge in [0.15, 0.2) is 0 Å². The molecule has 73 heavy (non-hydrogen) atoms. The molecule has 13 rings (SSSR count). The van der Waals surface area contributed by atoms with Crippen molar-refractivity contribution in [2.24, 2.45) is 0 Å². The molecule has 1 aliphatic rings. The maximum absolute atomic E-state index is 9.99. The minimum Gasteiger partial charge on any atom is -0.458 e. The minimum atomic E-state index is -3.13. The lowest BCUT2D eigenvalue weighted by molar-refractivity contribution is -0.570. The van der Waals surface area contributed by atoms with Crippen LogP contribution in [0.3, 0.4) is 0 Å². The van der Waals surface area contributed by atoms with E-state index in [0.717, 1.165) is 27.4 Å². The van der Waals surface area contributed by atoms with Crippen molar-refractivity contribution in [1.29, 1.82) is 0 Å². The van der Waals surface area contributed by atoms with Gasteiger partial charge in [-0.15, -0.1) is 0 Å². The first-order valence-electron chi connectivity index (χ1n) is 33.6. The van der Waals surface area contributed by atoms with Gasteiger partial charge in [0.05, 0.1) is 44.4 Å². The number of pyridine rings is 1. The molecule has 0 radical (unpaired) electrons. The summed E-state index contributed by atoms with van der Waals surface area (Å²) in [6.07, 6.45) is 5.23. The number of ether oxygens (including phenoxy) is 1. The molecule has 4 heterocycles. The van der Waals surface area contributed by atoms with Gasteiger partial charge in [-0.25, -0.2) is 4.98 Å². The SMILES string of the molecule is [2H]c1c([2H])c([2H])c2c(c1[2H])-c1cc(-c3c(C([2H])([2H])[2H])cccc3C([2H])([2H])[2H])cc(-c3c(C([2H])([2H])[2H])cccc3C([2H])([2H])[2H])c1-[n+]1[c-]n(-c3cccc(Oc4ccc5c6ccccc6n(-c6cc(C(C)(C)C)ccn6)c5c4)c3)c3cccc(c31)-c1c([2H])c([2H])c([2H])c([2H])c1-2. The van der Waals surface area contributed by atoms with E-state index >= 15 is 0 Å². The van der Waals surface area contributed by atoms with Crippen LogP contribution < -0.4 is 9.30 Å². The van der Waals surface area contributed by atoms with Crippen LogP contribution in [0.15, 0.2) is 200 Å². The van der Waals surface area contributed by atoms with Gasteiger partial charge in [-0.2, -0.15) is 0 Å². The number of benzene rings is 9. The van der Waals surface area contributed by atoms with E-state index in [1.54, 1.807) is 53.2 Å². The van der Waals surface area contributed by atoms with E-state index in [9.17, 15) is 9.60 Å². The van der Waals surface area contributed by atoms with Gasteiger partial charge in [-0.3, -0.25) is 13.7 Å². The third-order valence-corrected chi connectivity index (χ3v) is 13.7. The fourth-order valence-electron chi connectivity index (χ4n) is 10.3. The van der Waals surface area contributed by atoms with Crippen LogP contribution in [0, 0.1) is 33.7 Å². The number of aromatic nitrogens is 4. The van der Waals surface area contributed by atoms with Gasteiger partial charge in [-0.1, -0.05) is 148 Å². The molecule has 1 aliphatic heterocycles. The maximum atomic E-state index is 9.99. The molecular formula is C68H54N4O.